The van der Waals surface area contributed by atoms with Gasteiger partial charge in [0, 0.05) is 0 Å². The molecule has 0 aliphatic carbocycles. The molecule has 0 spiro atoms. The van der Waals surface area contributed by atoms with Crippen LogP contribution in [0.5, 0.6) is 0 Å². The third-order valence-electron chi connectivity index (χ3n) is 2.85. The van der Waals surface area contributed by atoms with Gasteiger partial charge in [0.1, 0.15) is 0 Å². The number of hydrogen-bond acceptors (Lipinski definition) is 1. The van der Waals surface area contributed by atoms with Gasteiger partial charge in [-0.15, -0.1) is 0 Å². The van der Waals surface area contributed by atoms with E-state index in [1.807, 2.05) is 54.6 Å². The summed E-state index contributed by atoms with van der Waals surface area (Å²) in [6.45, 7) is 2.06. The van der Waals surface area contributed by atoms with Crippen LogP contribution in [0.3, 0.4) is 0 Å². The van der Waals surface area contributed by atoms with Gasteiger partial charge in [0.25, 0.3) is 0 Å². The Hall–Kier alpha value is -2.12. The third-order valence-corrected chi connectivity index (χ3v) is 2.85. The second-order valence-electron chi connectivity index (χ2n) is 4.53. The zero-order valence-corrected chi connectivity index (χ0v) is 11.0. The molecule has 1 nitrogen and oxygen atoms in total. The number of rotatable bonds is 4. The fourth-order valence-corrected chi connectivity index (χ4v) is 1.73. The van der Waals surface area contributed by atoms with E-state index in [1.54, 1.807) is 12.2 Å². The Morgan fingerprint density at radius 2 is 1.32 bits per heavy atom. The lowest BCUT2D eigenvalue weighted by Gasteiger charge is -1.99. The van der Waals surface area contributed by atoms with E-state index in [9.17, 15) is 5.11 Å². The van der Waals surface area contributed by atoms with Crippen molar-refractivity contribution in [2.24, 2.45) is 0 Å². The maximum atomic E-state index is 9.85. The van der Waals surface area contributed by atoms with E-state index >= 15 is 0 Å². The first kappa shape index (κ1) is 13.3. The molecule has 1 atom stereocenters. The van der Waals surface area contributed by atoms with Crippen LogP contribution in [0.4, 0.5) is 0 Å². The van der Waals surface area contributed by atoms with Crippen LogP contribution in [0.25, 0.3) is 12.2 Å². The Morgan fingerprint density at radius 3 is 1.89 bits per heavy atom. The molecule has 0 saturated heterocycles. The molecule has 0 fully saturated rings. The molecule has 0 aromatic heterocycles. The van der Waals surface area contributed by atoms with Gasteiger partial charge in [-0.2, -0.15) is 0 Å². The van der Waals surface area contributed by atoms with Gasteiger partial charge in [-0.05, 0) is 18.1 Å². The zero-order chi connectivity index (χ0) is 13.5. The summed E-state index contributed by atoms with van der Waals surface area (Å²) in [6.07, 6.45) is 6.84. The molecule has 0 saturated carbocycles. The van der Waals surface area contributed by atoms with Crippen molar-refractivity contribution in [3.05, 3.63) is 83.4 Å². The highest BCUT2D eigenvalue weighted by molar-refractivity contribution is 5.53. The van der Waals surface area contributed by atoms with Crippen molar-refractivity contribution in [3.8, 4) is 0 Å². The topological polar surface area (TPSA) is 20.2 Å². The maximum Gasteiger partial charge on any atom is 0.0909 e. The van der Waals surface area contributed by atoms with Crippen LogP contribution in [-0.4, -0.2) is 11.2 Å². The molecule has 0 bridgehead atoms. The molecule has 1 heteroatoms. The largest absolute Gasteiger partial charge is 0.385 e. The van der Waals surface area contributed by atoms with Crippen LogP contribution >= 0.6 is 0 Å². The van der Waals surface area contributed by atoms with Crippen molar-refractivity contribution in [2.75, 3.05) is 0 Å². The smallest absolute Gasteiger partial charge is 0.0909 e. The highest BCUT2D eigenvalue weighted by Crippen LogP contribution is 2.07. The monoisotopic (exact) mass is 250 g/mol. The standard InChI is InChI=1S/C18H18O/c1-15-7-9-17(10-8-15)12-14-18(19)13-11-16-5-3-2-4-6-16/h2-14,18-19H,1H3/b13-11+,14-12+. The fraction of sp³-hybridized carbons (Fsp3) is 0.111. The van der Waals surface area contributed by atoms with Crippen molar-refractivity contribution in [3.63, 3.8) is 0 Å². The van der Waals surface area contributed by atoms with Gasteiger partial charge in [0.15, 0.2) is 0 Å². The van der Waals surface area contributed by atoms with E-state index in [-0.39, 0.29) is 0 Å². The van der Waals surface area contributed by atoms with Crippen LogP contribution in [0.15, 0.2) is 66.7 Å². The molecular formula is C18H18O. The number of aliphatic hydroxyl groups excluding tert-OH is 1. The summed E-state index contributed by atoms with van der Waals surface area (Å²) in [7, 11) is 0. The Labute approximate surface area is 114 Å². The van der Waals surface area contributed by atoms with Gasteiger partial charge < -0.3 is 5.11 Å². The second kappa shape index (κ2) is 6.72. The lowest BCUT2D eigenvalue weighted by atomic mass is 10.1. The molecule has 0 aliphatic heterocycles. The Kier molecular flexibility index (Phi) is 4.71. The molecule has 2 aromatic rings. The van der Waals surface area contributed by atoms with Crippen molar-refractivity contribution < 1.29 is 5.11 Å². The van der Waals surface area contributed by atoms with E-state index in [2.05, 4.69) is 19.1 Å². The van der Waals surface area contributed by atoms with E-state index in [1.165, 1.54) is 5.56 Å². The van der Waals surface area contributed by atoms with Gasteiger partial charge in [-0.3, -0.25) is 0 Å². The molecule has 1 N–H and O–H groups in total. The first-order chi connectivity index (χ1) is 9.24. The minimum atomic E-state index is -0.568. The van der Waals surface area contributed by atoms with Crippen molar-refractivity contribution in [1.82, 2.24) is 0 Å². The molecular weight excluding hydrogens is 232 g/mol. The minimum absolute atomic E-state index is 0.568. The summed E-state index contributed by atoms with van der Waals surface area (Å²) in [5.41, 5.74) is 3.42. The lowest BCUT2D eigenvalue weighted by Crippen LogP contribution is -1.95. The highest BCUT2D eigenvalue weighted by Gasteiger charge is 1.93. The van der Waals surface area contributed by atoms with Crippen LogP contribution in [-0.2, 0) is 0 Å². The first-order valence-electron chi connectivity index (χ1n) is 6.40. The number of benzene rings is 2. The van der Waals surface area contributed by atoms with Crippen molar-refractivity contribution >= 4 is 12.2 Å². The minimum Gasteiger partial charge on any atom is -0.385 e. The molecule has 2 aromatic carbocycles. The van der Waals surface area contributed by atoms with E-state index < -0.39 is 6.10 Å². The van der Waals surface area contributed by atoms with E-state index in [0.29, 0.717) is 0 Å². The maximum absolute atomic E-state index is 9.85. The molecule has 0 aliphatic rings. The van der Waals surface area contributed by atoms with Crippen molar-refractivity contribution in [2.45, 2.75) is 13.0 Å². The van der Waals surface area contributed by atoms with Crippen LogP contribution in [0.1, 0.15) is 16.7 Å². The predicted molar refractivity (Wildman–Crippen MR) is 81.7 cm³/mol. The Bertz CT molecular complexity index is 550. The highest BCUT2D eigenvalue weighted by atomic mass is 16.3. The van der Waals surface area contributed by atoms with Crippen LogP contribution < -0.4 is 0 Å². The lowest BCUT2D eigenvalue weighted by molar-refractivity contribution is 0.273. The fourth-order valence-electron chi connectivity index (χ4n) is 1.73. The average Bonchev–Trinajstić information content (AvgIpc) is 2.45. The summed E-state index contributed by atoms with van der Waals surface area (Å²) >= 11 is 0. The average molecular weight is 250 g/mol. The summed E-state index contributed by atoms with van der Waals surface area (Å²) < 4.78 is 0. The van der Waals surface area contributed by atoms with Gasteiger partial charge >= 0.3 is 0 Å². The van der Waals surface area contributed by atoms with Gasteiger partial charge in [0.2, 0.25) is 0 Å². The summed E-state index contributed by atoms with van der Waals surface area (Å²) in [5.74, 6) is 0. The molecule has 0 radical (unpaired) electrons. The Balaban J connectivity index is 1.95. The molecule has 2 rings (SSSR count). The summed E-state index contributed by atoms with van der Waals surface area (Å²) in [6, 6.07) is 18.2. The normalized spacial score (nSPS) is 13.2. The van der Waals surface area contributed by atoms with Gasteiger partial charge in [-0.1, -0.05) is 84.5 Å². The Morgan fingerprint density at radius 1 is 0.789 bits per heavy atom. The molecule has 1 unspecified atom stereocenters. The molecule has 96 valence electrons. The summed E-state index contributed by atoms with van der Waals surface area (Å²) in [5, 5.41) is 9.85. The number of hydrogen-bond donors (Lipinski definition) is 1. The molecule has 19 heavy (non-hydrogen) atoms. The quantitative estimate of drug-likeness (QED) is 0.866. The number of aliphatic hydroxyl groups is 1. The SMILES string of the molecule is Cc1ccc(/C=C/C(O)/C=C/c2ccccc2)cc1. The zero-order valence-electron chi connectivity index (χ0n) is 11.0. The number of aryl methyl sites for hydroxylation is 1. The summed E-state index contributed by atoms with van der Waals surface area (Å²) in [4.78, 5) is 0. The van der Waals surface area contributed by atoms with Gasteiger partial charge in [0.05, 0.1) is 6.10 Å². The second-order valence-corrected chi connectivity index (χ2v) is 4.53. The third kappa shape index (κ3) is 4.57. The molecule has 0 amide bonds. The van der Waals surface area contributed by atoms with Crippen molar-refractivity contribution in [1.29, 1.82) is 0 Å². The van der Waals surface area contributed by atoms with Crippen LogP contribution in [0, 0.1) is 6.92 Å². The predicted octanol–water partition coefficient (Wildman–Crippen LogP) is 4.08. The molecule has 0 heterocycles. The first-order valence-corrected chi connectivity index (χ1v) is 6.40. The van der Waals surface area contributed by atoms with Crippen LogP contribution in [0.2, 0.25) is 0 Å². The van der Waals surface area contributed by atoms with E-state index in [0.717, 1.165) is 11.1 Å². The van der Waals surface area contributed by atoms with E-state index in [4.69, 9.17) is 0 Å². The van der Waals surface area contributed by atoms with Gasteiger partial charge in [-0.25, -0.2) is 0 Å².